The summed E-state index contributed by atoms with van der Waals surface area (Å²) in [6, 6.07) is 103. The molecule has 9 heteroatoms. The fraction of sp³-hybridized carbons (Fsp3) is 0.0198. The maximum atomic E-state index is 5.49. The number of fused-ring (bicyclic) bond motifs is 9. The van der Waals surface area contributed by atoms with Gasteiger partial charge in [0.2, 0.25) is 0 Å². The van der Waals surface area contributed by atoms with Gasteiger partial charge in [0, 0.05) is 113 Å². The Bertz CT molecular complexity index is 6930. The van der Waals surface area contributed by atoms with Crippen LogP contribution in [0.1, 0.15) is 11.3 Å². The van der Waals surface area contributed by atoms with Crippen molar-refractivity contribution >= 4 is 87.5 Å². The van der Waals surface area contributed by atoms with Gasteiger partial charge in [0.25, 0.3) is 0 Å². The molecule has 512 valence electrons. The monoisotopic (exact) mass is 1400 g/mol. The van der Waals surface area contributed by atoms with Crippen LogP contribution in [0.25, 0.3) is 177 Å². The maximum Gasteiger partial charge on any atom is 0.0978 e. The van der Waals surface area contributed by atoms with Crippen LogP contribution in [0.3, 0.4) is 0 Å². The Hall–Kier alpha value is -14.7. The summed E-state index contributed by atoms with van der Waals surface area (Å²) in [6.45, 7) is 0. The first-order chi connectivity index (χ1) is 54.5. The quantitative estimate of drug-likeness (QED) is 0.0975. The van der Waals surface area contributed by atoms with Crippen molar-refractivity contribution in [1.82, 2.24) is 44.9 Å². The van der Waals surface area contributed by atoms with Gasteiger partial charge < -0.3 is 0 Å². The molecule has 0 radical (unpaired) electrons. The number of hydrogen-bond acceptors (Lipinski definition) is 9. The maximum absolute atomic E-state index is 5.49. The molecule has 4 aliphatic rings. The van der Waals surface area contributed by atoms with E-state index >= 15 is 0 Å². The van der Waals surface area contributed by atoms with E-state index in [2.05, 4.69) is 289 Å². The Labute approximate surface area is 634 Å². The summed E-state index contributed by atoms with van der Waals surface area (Å²) in [4.78, 5) is 45.0. The highest BCUT2D eigenvalue weighted by Crippen LogP contribution is 2.55. The summed E-state index contributed by atoms with van der Waals surface area (Å²) in [7, 11) is 0. The molecule has 0 aliphatic heterocycles. The van der Waals surface area contributed by atoms with Crippen LogP contribution in [0.2, 0.25) is 0 Å². The average molecular weight is 1400 g/mol. The molecule has 9 nitrogen and oxygen atoms in total. The molecular weight excluding hydrogens is 1340 g/mol. The van der Waals surface area contributed by atoms with Gasteiger partial charge in [-0.25, -0.2) is 24.9 Å². The summed E-state index contributed by atoms with van der Waals surface area (Å²) in [5, 5.41) is 7.64. The highest BCUT2D eigenvalue weighted by Gasteiger charge is 2.41. The average Bonchev–Trinajstić information content (AvgIpc) is 0.730. The molecule has 4 aliphatic carbocycles. The van der Waals surface area contributed by atoms with Crippen molar-refractivity contribution in [1.29, 1.82) is 0 Å². The molecule has 0 fully saturated rings. The van der Waals surface area contributed by atoms with E-state index < -0.39 is 0 Å². The zero-order chi connectivity index (χ0) is 72.6. The van der Waals surface area contributed by atoms with Crippen molar-refractivity contribution < 1.29 is 0 Å². The number of rotatable bonds is 10. The molecule has 0 amide bonds. The number of benzene rings is 9. The van der Waals surface area contributed by atoms with Gasteiger partial charge in [-0.05, 0) is 183 Å². The van der Waals surface area contributed by atoms with Crippen LogP contribution in [0.5, 0.6) is 0 Å². The molecule has 2 atom stereocenters. The highest BCUT2D eigenvalue weighted by atomic mass is 14.8. The number of para-hydroxylation sites is 2. The number of pyridine rings is 9. The third kappa shape index (κ3) is 11.3. The third-order valence-electron chi connectivity index (χ3n) is 21.9. The van der Waals surface area contributed by atoms with E-state index in [-0.39, 0.29) is 11.8 Å². The Morgan fingerprint density at radius 1 is 0.227 bits per heavy atom. The first-order valence-electron chi connectivity index (χ1n) is 37.2. The molecule has 0 N–H and O–H groups in total. The number of hydrogen-bond donors (Lipinski definition) is 0. The minimum absolute atomic E-state index is 0.172. The standard InChI is InChI=1S/C54H34N4.C47H29N5/c1-2-10-33(11-3-1)50-44-12-4-5-15-48(44)58-54-45(50)26-20-36-21-27-49(57-53(36)54)41-23-17-35-18-24-42-40(22-16-34-19-25-43(41)52(35)51(34)42)37-30-38(46-13-6-8-28-55-46)32-39(31-37)47-14-7-9-29-56-47;1-2-10-30(11-3-1)45-37-12-4-5-15-42(37)51-47-38(45)20-16-31-17-22-44(52-46(31)47)43-23-19-33-26-32(18-21-41(33)50-43)34-27-35(39-13-6-8-24-48-39)29-36(28-34)40-14-7-9-25-49-40/h1-32,51-52H;1-29H. The molecule has 110 heavy (non-hydrogen) atoms. The molecule has 0 spiro atoms. The van der Waals surface area contributed by atoms with E-state index in [1.807, 2.05) is 91.5 Å². The lowest BCUT2D eigenvalue weighted by molar-refractivity contribution is 0.569. The van der Waals surface area contributed by atoms with Crippen molar-refractivity contribution in [2.75, 3.05) is 0 Å². The lowest BCUT2D eigenvalue weighted by Crippen LogP contribution is -2.30. The fourth-order valence-corrected chi connectivity index (χ4v) is 16.7. The van der Waals surface area contributed by atoms with E-state index in [0.717, 1.165) is 166 Å². The molecule has 0 bridgehead atoms. The summed E-state index contributed by atoms with van der Waals surface area (Å²) >= 11 is 0. The number of nitrogens with zero attached hydrogens (tertiary/aromatic N) is 9. The molecule has 18 aromatic rings. The van der Waals surface area contributed by atoms with E-state index in [4.69, 9.17) is 34.9 Å². The van der Waals surface area contributed by atoms with E-state index in [9.17, 15) is 0 Å². The smallest absolute Gasteiger partial charge is 0.0978 e. The zero-order valence-corrected chi connectivity index (χ0v) is 59.4. The number of allylic oxidation sites excluding steroid dienone is 14. The first-order valence-corrected chi connectivity index (χ1v) is 37.2. The molecule has 22 rings (SSSR count). The van der Waals surface area contributed by atoms with Crippen LogP contribution in [-0.2, 0) is 0 Å². The number of aromatic nitrogens is 9. The molecule has 9 aromatic carbocycles. The summed E-state index contributed by atoms with van der Waals surface area (Å²) in [5.41, 5.74) is 32.7. The SMILES string of the molecule is C1=CC2=C(c3ccc4ccc5c(-c6ccccc6)c6ccccc6nc5c4n3)C=CC3=CC=C4C(c5cc(-c6ccccn6)cc(-c6ccccn6)c5)=CC=C1C4C32.c1ccc(-c2c3ccccc3nc3c2ccc2ccc(-c4ccc5cc(-c6cc(-c7ccccn7)cc(-c7ccccn7)c6)ccc5n4)nc23)cc1. The highest BCUT2D eigenvalue weighted by molar-refractivity contribution is 6.18. The van der Waals surface area contributed by atoms with Crippen molar-refractivity contribution in [2.45, 2.75) is 0 Å². The van der Waals surface area contributed by atoms with Gasteiger partial charge in [-0.15, -0.1) is 0 Å². The van der Waals surface area contributed by atoms with Crippen molar-refractivity contribution in [3.63, 3.8) is 0 Å². The molecule has 0 saturated carbocycles. The fourth-order valence-electron chi connectivity index (χ4n) is 16.7. The Morgan fingerprint density at radius 3 is 1.22 bits per heavy atom. The summed E-state index contributed by atoms with van der Waals surface area (Å²) in [6.07, 6.45) is 25.9. The molecule has 9 heterocycles. The van der Waals surface area contributed by atoms with Gasteiger partial charge in [-0.1, -0.05) is 218 Å². The lowest BCUT2D eigenvalue weighted by atomic mass is 9.61. The van der Waals surface area contributed by atoms with Crippen LogP contribution in [0.15, 0.2) is 393 Å². The van der Waals surface area contributed by atoms with Gasteiger partial charge in [-0.2, -0.15) is 0 Å². The van der Waals surface area contributed by atoms with Gasteiger partial charge in [0.1, 0.15) is 0 Å². The second-order valence-electron chi connectivity index (χ2n) is 28.3. The predicted molar refractivity (Wildman–Crippen MR) is 450 cm³/mol. The Morgan fingerprint density at radius 2 is 0.673 bits per heavy atom. The van der Waals surface area contributed by atoms with Crippen LogP contribution in [0.4, 0.5) is 0 Å². The lowest BCUT2D eigenvalue weighted by Gasteiger charge is -2.42. The molecule has 0 saturated heterocycles. The van der Waals surface area contributed by atoms with Crippen LogP contribution < -0.4 is 0 Å². The normalized spacial score (nSPS) is 14.8. The Balaban J connectivity index is 0.000000141. The summed E-state index contributed by atoms with van der Waals surface area (Å²) in [5.74, 6) is 0.352. The van der Waals surface area contributed by atoms with Gasteiger partial charge in [0.05, 0.1) is 78.5 Å². The molecule has 9 aromatic heterocycles. The predicted octanol–water partition coefficient (Wildman–Crippen LogP) is 24.4. The van der Waals surface area contributed by atoms with E-state index in [0.29, 0.717) is 0 Å². The molecule has 2 unspecified atom stereocenters. The minimum atomic E-state index is 0.172. The van der Waals surface area contributed by atoms with Gasteiger partial charge in [-0.3, -0.25) is 19.9 Å². The summed E-state index contributed by atoms with van der Waals surface area (Å²) < 4.78 is 0. The zero-order valence-electron chi connectivity index (χ0n) is 59.4. The van der Waals surface area contributed by atoms with Crippen molar-refractivity contribution in [2.24, 2.45) is 11.8 Å². The van der Waals surface area contributed by atoms with Crippen LogP contribution in [-0.4, -0.2) is 44.9 Å². The minimum Gasteiger partial charge on any atom is -0.256 e. The molecular formula is C101H63N9. The van der Waals surface area contributed by atoms with Gasteiger partial charge >= 0.3 is 0 Å². The first kappa shape index (κ1) is 63.8. The Kier molecular flexibility index (Phi) is 15.5. The topological polar surface area (TPSA) is 116 Å². The van der Waals surface area contributed by atoms with Crippen molar-refractivity contribution in [3.8, 4) is 89.8 Å². The van der Waals surface area contributed by atoms with Gasteiger partial charge in [0.15, 0.2) is 0 Å². The van der Waals surface area contributed by atoms with E-state index in [1.54, 1.807) is 0 Å². The second kappa shape index (κ2) is 26.7. The van der Waals surface area contributed by atoms with Crippen molar-refractivity contribution in [3.05, 3.63) is 404 Å². The van der Waals surface area contributed by atoms with Crippen LogP contribution in [0, 0.1) is 11.8 Å². The van der Waals surface area contributed by atoms with Crippen LogP contribution >= 0.6 is 0 Å². The second-order valence-corrected chi connectivity index (χ2v) is 28.3. The third-order valence-corrected chi connectivity index (χ3v) is 21.9. The van der Waals surface area contributed by atoms with E-state index in [1.165, 1.54) is 44.6 Å². The largest absolute Gasteiger partial charge is 0.256 e.